The van der Waals surface area contributed by atoms with Crippen LogP contribution < -0.4 is 10.6 Å². The summed E-state index contributed by atoms with van der Waals surface area (Å²) >= 11 is 5.30. The van der Waals surface area contributed by atoms with Crippen LogP contribution in [-0.4, -0.2) is 23.4 Å². The molecule has 1 unspecified atom stereocenters. The third kappa shape index (κ3) is 5.37. The summed E-state index contributed by atoms with van der Waals surface area (Å²) in [5.41, 5.74) is 3.73. The molecule has 0 radical (unpaired) electrons. The summed E-state index contributed by atoms with van der Waals surface area (Å²) in [6, 6.07) is 10.4. The molecule has 0 aliphatic rings. The zero-order chi connectivity index (χ0) is 16.8. The Morgan fingerprint density at radius 2 is 1.87 bits per heavy atom. The predicted octanol–water partition coefficient (Wildman–Crippen LogP) is 2.95. The van der Waals surface area contributed by atoms with Gasteiger partial charge in [-0.1, -0.05) is 29.3 Å². The zero-order valence-corrected chi connectivity index (χ0v) is 14.7. The van der Waals surface area contributed by atoms with Gasteiger partial charge in [-0.3, -0.25) is 0 Å². The Kier molecular flexibility index (Phi) is 6.19. The highest BCUT2D eigenvalue weighted by molar-refractivity contribution is 7.80. The second-order valence-electron chi connectivity index (χ2n) is 5.82. The van der Waals surface area contributed by atoms with Crippen LogP contribution in [0.5, 0.6) is 0 Å². The summed E-state index contributed by atoms with van der Waals surface area (Å²) in [7, 11) is 0. The monoisotopic (exact) mass is 332 g/mol. The normalized spacial score (nSPS) is 12.0. The molecule has 0 saturated heterocycles. The highest BCUT2D eigenvalue weighted by Crippen LogP contribution is 2.22. The summed E-state index contributed by atoms with van der Waals surface area (Å²) in [5.74, 6) is 1.73. The van der Waals surface area contributed by atoms with E-state index in [0.29, 0.717) is 11.7 Å². The Bertz CT molecular complexity index is 647. The minimum absolute atomic E-state index is 0.0451. The molecule has 0 bridgehead atoms. The van der Waals surface area contributed by atoms with Crippen LogP contribution in [0.2, 0.25) is 0 Å². The first-order valence-electron chi connectivity index (χ1n) is 7.76. The van der Waals surface area contributed by atoms with Crippen molar-refractivity contribution >= 4 is 17.3 Å². The first-order chi connectivity index (χ1) is 11.0. The molecule has 1 aromatic heterocycles. The van der Waals surface area contributed by atoms with Crippen molar-refractivity contribution in [1.29, 1.82) is 0 Å². The first kappa shape index (κ1) is 17.5. The van der Waals surface area contributed by atoms with Gasteiger partial charge < -0.3 is 20.2 Å². The molecule has 1 heterocycles. The van der Waals surface area contributed by atoms with Crippen molar-refractivity contribution in [3.8, 4) is 0 Å². The van der Waals surface area contributed by atoms with Crippen molar-refractivity contribution in [3.63, 3.8) is 0 Å². The van der Waals surface area contributed by atoms with E-state index in [1.165, 1.54) is 16.7 Å². The van der Waals surface area contributed by atoms with E-state index in [0.717, 1.165) is 17.9 Å². The van der Waals surface area contributed by atoms with Crippen LogP contribution in [0, 0.1) is 20.8 Å². The van der Waals surface area contributed by atoms with Gasteiger partial charge in [0.15, 0.2) is 5.11 Å². The van der Waals surface area contributed by atoms with Crippen LogP contribution in [0.4, 0.5) is 0 Å². The summed E-state index contributed by atoms with van der Waals surface area (Å²) < 4.78 is 5.78. The molecular weight excluding hydrogens is 308 g/mol. The molecule has 3 N–H and O–H groups in total. The number of nitrogens with one attached hydrogen (secondary N) is 2. The molecule has 124 valence electrons. The van der Waals surface area contributed by atoms with Crippen molar-refractivity contribution in [1.82, 2.24) is 10.6 Å². The highest BCUT2D eigenvalue weighted by atomic mass is 32.1. The van der Waals surface area contributed by atoms with E-state index in [1.54, 1.807) is 0 Å². The van der Waals surface area contributed by atoms with E-state index < -0.39 is 0 Å². The maximum atomic E-state index is 8.90. The Morgan fingerprint density at radius 1 is 1.17 bits per heavy atom. The molecule has 1 atom stereocenters. The molecule has 23 heavy (non-hydrogen) atoms. The molecule has 0 aliphatic carbocycles. The summed E-state index contributed by atoms with van der Waals surface area (Å²) in [6.45, 7) is 6.61. The van der Waals surface area contributed by atoms with Gasteiger partial charge >= 0.3 is 0 Å². The summed E-state index contributed by atoms with van der Waals surface area (Å²) in [6.07, 6.45) is 0.774. The van der Waals surface area contributed by atoms with Crippen LogP contribution >= 0.6 is 12.2 Å². The van der Waals surface area contributed by atoms with E-state index in [-0.39, 0.29) is 12.6 Å². The number of aliphatic hydroxyl groups excluding tert-OH is 1. The predicted molar refractivity (Wildman–Crippen MR) is 96.6 cm³/mol. The van der Waals surface area contributed by atoms with E-state index in [4.69, 9.17) is 21.7 Å². The number of aryl methyl sites for hydroxylation is 3. The summed E-state index contributed by atoms with van der Waals surface area (Å²) in [4.78, 5) is 0. The van der Waals surface area contributed by atoms with Crippen LogP contribution in [0.25, 0.3) is 0 Å². The van der Waals surface area contributed by atoms with E-state index in [9.17, 15) is 0 Å². The van der Waals surface area contributed by atoms with Crippen LogP contribution in [0.15, 0.2) is 34.7 Å². The molecule has 0 aliphatic heterocycles. The number of furan rings is 1. The van der Waals surface area contributed by atoms with Crippen molar-refractivity contribution in [3.05, 3.63) is 58.5 Å². The zero-order valence-electron chi connectivity index (χ0n) is 13.8. The third-order valence-corrected chi connectivity index (χ3v) is 3.79. The van der Waals surface area contributed by atoms with Crippen molar-refractivity contribution in [2.45, 2.75) is 33.2 Å². The lowest BCUT2D eigenvalue weighted by Gasteiger charge is -2.20. The highest BCUT2D eigenvalue weighted by Gasteiger charge is 2.17. The minimum Gasteiger partial charge on any atom is -0.464 e. The molecule has 0 fully saturated rings. The molecule has 4 nitrogen and oxygen atoms in total. The molecule has 0 saturated carbocycles. The Labute approximate surface area is 142 Å². The average Bonchev–Trinajstić information content (AvgIpc) is 2.90. The lowest BCUT2D eigenvalue weighted by atomic mass is 10.00. The molecule has 1 aromatic carbocycles. The van der Waals surface area contributed by atoms with Gasteiger partial charge in [0.05, 0.1) is 12.6 Å². The maximum Gasteiger partial charge on any atom is 0.166 e. The third-order valence-electron chi connectivity index (χ3n) is 3.53. The smallest absolute Gasteiger partial charge is 0.166 e. The number of hydrogen-bond acceptors (Lipinski definition) is 3. The lowest BCUT2D eigenvalue weighted by Crippen LogP contribution is -2.39. The number of rotatable bonds is 6. The van der Waals surface area contributed by atoms with Gasteiger partial charge in [-0.15, -0.1) is 0 Å². The summed E-state index contributed by atoms with van der Waals surface area (Å²) in [5, 5.41) is 15.7. The van der Waals surface area contributed by atoms with Gasteiger partial charge in [-0.25, -0.2) is 0 Å². The SMILES string of the molecule is Cc1cc(C)cc(CC(NC(=S)NCCO)c2ccc(C)o2)c1. The number of aliphatic hydroxyl groups is 1. The fraction of sp³-hybridized carbons (Fsp3) is 0.389. The van der Waals surface area contributed by atoms with Crippen molar-refractivity contribution in [2.75, 3.05) is 13.2 Å². The average molecular weight is 332 g/mol. The molecule has 0 amide bonds. The van der Waals surface area contributed by atoms with Crippen LogP contribution in [-0.2, 0) is 6.42 Å². The Balaban J connectivity index is 2.17. The quantitative estimate of drug-likeness (QED) is 0.710. The second-order valence-corrected chi connectivity index (χ2v) is 6.23. The van der Waals surface area contributed by atoms with Gasteiger partial charge in [-0.05, 0) is 57.1 Å². The lowest BCUT2D eigenvalue weighted by molar-refractivity contribution is 0.300. The number of hydrogen-bond donors (Lipinski definition) is 3. The van der Waals surface area contributed by atoms with Gasteiger partial charge in [0.1, 0.15) is 11.5 Å². The van der Waals surface area contributed by atoms with Gasteiger partial charge in [0.2, 0.25) is 0 Å². The fourth-order valence-electron chi connectivity index (χ4n) is 2.66. The van der Waals surface area contributed by atoms with E-state index in [2.05, 4.69) is 42.7 Å². The molecule has 2 aromatic rings. The maximum absolute atomic E-state index is 8.90. The van der Waals surface area contributed by atoms with Crippen LogP contribution in [0.3, 0.4) is 0 Å². The topological polar surface area (TPSA) is 57.4 Å². The van der Waals surface area contributed by atoms with Crippen molar-refractivity contribution < 1.29 is 9.52 Å². The van der Waals surface area contributed by atoms with Gasteiger partial charge in [0, 0.05) is 6.54 Å². The first-order valence-corrected chi connectivity index (χ1v) is 8.17. The standard InChI is InChI=1S/C18H24N2O2S/c1-12-8-13(2)10-15(9-12)11-16(17-5-4-14(3)22-17)20-18(23)19-6-7-21/h4-5,8-10,16,21H,6-7,11H2,1-3H3,(H2,19,20,23). The number of thiocarbonyl (C=S) groups is 1. The molecule has 5 heteroatoms. The van der Waals surface area contributed by atoms with Crippen molar-refractivity contribution in [2.24, 2.45) is 0 Å². The number of benzene rings is 1. The Hall–Kier alpha value is -1.85. The minimum atomic E-state index is -0.0522. The van der Waals surface area contributed by atoms with Gasteiger partial charge in [0.25, 0.3) is 0 Å². The van der Waals surface area contributed by atoms with E-state index >= 15 is 0 Å². The molecular formula is C18H24N2O2S. The largest absolute Gasteiger partial charge is 0.464 e. The molecule has 2 rings (SSSR count). The van der Waals surface area contributed by atoms with Gasteiger partial charge in [-0.2, -0.15) is 0 Å². The fourth-order valence-corrected chi connectivity index (χ4v) is 2.91. The molecule has 0 spiro atoms. The Morgan fingerprint density at radius 3 is 2.43 bits per heavy atom. The second kappa shape index (κ2) is 8.13. The van der Waals surface area contributed by atoms with Crippen LogP contribution in [0.1, 0.15) is 34.3 Å². The van der Waals surface area contributed by atoms with E-state index in [1.807, 2.05) is 19.1 Å².